The predicted octanol–water partition coefficient (Wildman–Crippen LogP) is 3.61. The molecule has 1 N–H and O–H groups in total. The van der Waals surface area contributed by atoms with Gasteiger partial charge < -0.3 is 10.2 Å². The van der Waals surface area contributed by atoms with Crippen LogP contribution in [0.15, 0.2) is 41.8 Å². The predicted molar refractivity (Wildman–Crippen MR) is 81.3 cm³/mol. The fourth-order valence-corrected chi connectivity index (χ4v) is 2.47. The van der Waals surface area contributed by atoms with Crippen molar-refractivity contribution >= 4 is 28.8 Å². The van der Waals surface area contributed by atoms with Gasteiger partial charge >= 0.3 is 6.03 Å². The van der Waals surface area contributed by atoms with Crippen LogP contribution in [0.5, 0.6) is 0 Å². The number of hydrogen-bond donors (Lipinski definition) is 1. The highest BCUT2D eigenvalue weighted by Gasteiger charge is 2.10. The van der Waals surface area contributed by atoms with E-state index in [9.17, 15) is 9.59 Å². The van der Waals surface area contributed by atoms with E-state index in [-0.39, 0.29) is 11.8 Å². The van der Waals surface area contributed by atoms with Gasteiger partial charge in [0, 0.05) is 23.2 Å². The minimum atomic E-state index is -0.172. The third-order valence-electron chi connectivity index (χ3n) is 2.86. The molecule has 2 aromatic rings. The van der Waals surface area contributed by atoms with Gasteiger partial charge in [-0.05, 0) is 42.6 Å². The molecular weight excluding hydrogens is 272 g/mol. The summed E-state index contributed by atoms with van der Waals surface area (Å²) in [7, 11) is 1.75. The highest BCUT2D eigenvalue weighted by atomic mass is 32.1. The molecule has 0 aliphatic carbocycles. The largest absolute Gasteiger partial charge is 0.322 e. The Morgan fingerprint density at radius 3 is 2.45 bits per heavy atom. The first-order chi connectivity index (χ1) is 9.56. The first kappa shape index (κ1) is 14.3. The Morgan fingerprint density at radius 2 is 1.90 bits per heavy atom. The van der Waals surface area contributed by atoms with Gasteiger partial charge in [-0.2, -0.15) is 0 Å². The third kappa shape index (κ3) is 3.68. The number of amides is 2. The number of benzene rings is 1. The van der Waals surface area contributed by atoms with E-state index in [1.165, 1.54) is 6.92 Å². The van der Waals surface area contributed by atoms with Crippen LogP contribution in [0, 0.1) is 0 Å². The molecule has 5 heteroatoms. The van der Waals surface area contributed by atoms with E-state index in [4.69, 9.17) is 0 Å². The molecular formula is C15H16N2O2S. The number of nitrogens with one attached hydrogen (secondary N) is 1. The number of thiophene rings is 1. The van der Waals surface area contributed by atoms with Crippen molar-refractivity contribution in [2.24, 2.45) is 0 Å². The molecule has 0 spiro atoms. The Balaban J connectivity index is 1.95. The van der Waals surface area contributed by atoms with E-state index in [0.29, 0.717) is 17.8 Å². The van der Waals surface area contributed by atoms with Gasteiger partial charge in [-0.1, -0.05) is 6.07 Å². The molecule has 0 saturated heterocycles. The summed E-state index contributed by atoms with van der Waals surface area (Å²) in [4.78, 5) is 25.9. The van der Waals surface area contributed by atoms with Gasteiger partial charge in [0.25, 0.3) is 0 Å². The lowest BCUT2D eigenvalue weighted by molar-refractivity contribution is 0.101. The number of ketones is 1. The van der Waals surface area contributed by atoms with Crippen LogP contribution in [-0.4, -0.2) is 23.8 Å². The molecule has 1 heterocycles. The van der Waals surface area contributed by atoms with Crippen LogP contribution >= 0.6 is 11.3 Å². The Kier molecular flexibility index (Phi) is 4.53. The van der Waals surface area contributed by atoms with E-state index < -0.39 is 0 Å². The maximum Gasteiger partial charge on any atom is 0.321 e. The second-order valence-electron chi connectivity index (χ2n) is 4.50. The average molecular weight is 288 g/mol. The number of urea groups is 1. The second kappa shape index (κ2) is 6.34. The monoisotopic (exact) mass is 288 g/mol. The average Bonchev–Trinajstić information content (AvgIpc) is 2.92. The van der Waals surface area contributed by atoms with Crippen LogP contribution in [0.25, 0.3) is 0 Å². The third-order valence-corrected chi connectivity index (χ3v) is 3.72. The zero-order valence-electron chi connectivity index (χ0n) is 11.4. The molecule has 2 rings (SSSR count). The number of rotatable bonds is 4. The molecule has 0 aliphatic heterocycles. The van der Waals surface area contributed by atoms with Crippen molar-refractivity contribution < 1.29 is 9.59 Å². The van der Waals surface area contributed by atoms with E-state index in [1.54, 1.807) is 47.5 Å². The molecule has 0 aliphatic rings. The molecule has 0 atom stereocenters. The molecule has 0 bridgehead atoms. The van der Waals surface area contributed by atoms with Crippen LogP contribution < -0.4 is 5.32 Å². The Hall–Kier alpha value is -2.14. The lowest BCUT2D eigenvalue weighted by Gasteiger charge is -2.17. The summed E-state index contributed by atoms with van der Waals surface area (Å²) in [5, 5.41) is 4.79. The summed E-state index contributed by atoms with van der Waals surface area (Å²) >= 11 is 1.62. The quantitative estimate of drug-likeness (QED) is 0.874. The van der Waals surface area contributed by atoms with Gasteiger partial charge in [-0.3, -0.25) is 4.79 Å². The summed E-state index contributed by atoms with van der Waals surface area (Å²) in [6.07, 6.45) is 0. The van der Waals surface area contributed by atoms with Gasteiger partial charge in [0.1, 0.15) is 0 Å². The molecule has 4 nitrogen and oxygen atoms in total. The normalized spacial score (nSPS) is 10.1. The Morgan fingerprint density at radius 1 is 1.20 bits per heavy atom. The van der Waals surface area contributed by atoms with E-state index in [2.05, 4.69) is 5.32 Å². The number of anilines is 1. The minimum Gasteiger partial charge on any atom is -0.322 e. The number of carbonyl (C=O) groups excluding carboxylic acids is 2. The SMILES string of the molecule is CC(=O)c1ccc(NC(=O)N(C)Cc2cccs2)cc1. The maximum absolute atomic E-state index is 12.0. The van der Waals surface area contributed by atoms with Crippen LogP contribution in [0.3, 0.4) is 0 Å². The van der Waals surface area contributed by atoms with E-state index in [0.717, 1.165) is 4.88 Å². The van der Waals surface area contributed by atoms with Crippen molar-refractivity contribution in [3.05, 3.63) is 52.2 Å². The minimum absolute atomic E-state index is 0.0117. The molecule has 20 heavy (non-hydrogen) atoms. The number of nitrogens with zero attached hydrogens (tertiary/aromatic N) is 1. The Bertz CT molecular complexity index is 591. The van der Waals surface area contributed by atoms with Crippen molar-refractivity contribution in [3.8, 4) is 0 Å². The highest BCUT2D eigenvalue weighted by molar-refractivity contribution is 7.09. The smallest absolute Gasteiger partial charge is 0.321 e. The summed E-state index contributed by atoms with van der Waals surface area (Å²) in [5.41, 5.74) is 1.31. The van der Waals surface area contributed by atoms with Crippen molar-refractivity contribution in [1.82, 2.24) is 4.90 Å². The van der Waals surface area contributed by atoms with Crippen molar-refractivity contribution in [2.45, 2.75) is 13.5 Å². The van der Waals surface area contributed by atoms with Gasteiger partial charge in [0.2, 0.25) is 0 Å². The number of Topliss-reactive ketones (excluding diaryl/α,β-unsaturated/α-hetero) is 1. The van der Waals surface area contributed by atoms with Crippen molar-refractivity contribution in [3.63, 3.8) is 0 Å². The molecule has 0 radical (unpaired) electrons. The van der Waals surface area contributed by atoms with Gasteiger partial charge in [0.15, 0.2) is 5.78 Å². The van der Waals surface area contributed by atoms with Crippen molar-refractivity contribution in [1.29, 1.82) is 0 Å². The molecule has 2 amide bonds. The summed E-state index contributed by atoms with van der Waals surface area (Å²) < 4.78 is 0. The van der Waals surface area contributed by atoms with Crippen LogP contribution in [0.4, 0.5) is 10.5 Å². The summed E-state index contributed by atoms with van der Waals surface area (Å²) in [5.74, 6) is 0.0117. The first-order valence-corrected chi connectivity index (χ1v) is 7.10. The molecule has 1 aromatic heterocycles. The van der Waals surface area contributed by atoms with Gasteiger partial charge in [0.05, 0.1) is 6.54 Å². The topological polar surface area (TPSA) is 49.4 Å². The summed E-state index contributed by atoms with van der Waals surface area (Å²) in [6.45, 7) is 2.09. The lowest BCUT2D eigenvalue weighted by Crippen LogP contribution is -2.30. The van der Waals surface area contributed by atoms with Gasteiger partial charge in [-0.15, -0.1) is 11.3 Å². The molecule has 0 unspecified atom stereocenters. The van der Waals surface area contributed by atoms with Gasteiger partial charge in [-0.25, -0.2) is 4.79 Å². The highest BCUT2D eigenvalue weighted by Crippen LogP contribution is 2.13. The zero-order valence-corrected chi connectivity index (χ0v) is 12.2. The summed E-state index contributed by atoms with van der Waals surface area (Å²) in [6, 6.07) is 10.7. The lowest BCUT2D eigenvalue weighted by atomic mass is 10.1. The number of carbonyl (C=O) groups is 2. The zero-order chi connectivity index (χ0) is 14.5. The fourth-order valence-electron chi connectivity index (χ4n) is 1.72. The maximum atomic E-state index is 12.0. The molecule has 104 valence electrons. The van der Waals surface area contributed by atoms with E-state index >= 15 is 0 Å². The second-order valence-corrected chi connectivity index (χ2v) is 5.53. The standard InChI is InChI=1S/C15H16N2O2S/c1-11(18)12-5-7-13(8-6-12)16-15(19)17(2)10-14-4-3-9-20-14/h3-9H,10H2,1-2H3,(H,16,19). The molecule has 0 saturated carbocycles. The van der Waals surface area contributed by atoms with E-state index in [1.807, 2.05) is 17.5 Å². The molecule has 0 fully saturated rings. The fraction of sp³-hybridized carbons (Fsp3) is 0.200. The van der Waals surface area contributed by atoms with Crippen LogP contribution in [-0.2, 0) is 6.54 Å². The first-order valence-electron chi connectivity index (χ1n) is 6.22. The van der Waals surface area contributed by atoms with Crippen molar-refractivity contribution in [2.75, 3.05) is 12.4 Å². The molecule has 1 aromatic carbocycles. The Labute approximate surface area is 122 Å². The number of hydrogen-bond acceptors (Lipinski definition) is 3. The van der Waals surface area contributed by atoms with Crippen LogP contribution in [0.1, 0.15) is 22.2 Å². The van der Waals surface area contributed by atoms with Crippen LogP contribution in [0.2, 0.25) is 0 Å².